The fraction of sp³-hybridized carbons (Fsp3) is 0.500. The van der Waals surface area contributed by atoms with E-state index in [-0.39, 0.29) is 10.5 Å². The van der Waals surface area contributed by atoms with Crippen LogP contribution in [0.3, 0.4) is 0 Å². The minimum atomic E-state index is 0.279. The molecule has 1 aromatic heterocycles. The number of rotatable bonds is 2. The van der Waals surface area contributed by atoms with Gasteiger partial charge in [0.05, 0.1) is 12.6 Å². The van der Waals surface area contributed by atoms with Crippen LogP contribution >= 0.6 is 10.5 Å². The van der Waals surface area contributed by atoms with Gasteiger partial charge in [-0.15, -0.1) is 0 Å². The molecule has 2 nitrogen and oxygen atoms in total. The molecule has 0 aromatic carbocycles. The van der Waals surface area contributed by atoms with E-state index in [0.29, 0.717) is 0 Å². The molecule has 0 aliphatic rings. The van der Waals surface area contributed by atoms with Crippen molar-refractivity contribution in [2.45, 2.75) is 6.42 Å². The van der Waals surface area contributed by atoms with Crippen molar-refractivity contribution in [3.8, 4) is 0 Å². The van der Waals surface area contributed by atoms with Gasteiger partial charge >= 0.3 is 0 Å². The third kappa shape index (κ3) is 1.50. The zero-order valence-electron chi connectivity index (χ0n) is 5.50. The van der Waals surface area contributed by atoms with E-state index in [4.69, 9.17) is 5.73 Å². The zero-order chi connectivity index (χ0) is 6.69. The average Bonchev–Trinajstić information content (AvgIpc) is 2.18. The molecular formula is C6H11N2S+. The largest absolute Gasteiger partial charge is 0.330 e. The standard InChI is InChI=1S/C6H11N2S/c1-9-5-4-8-6(9)2-3-7/h4-5H,2-3,7H2,1H3/q+1. The summed E-state index contributed by atoms with van der Waals surface area (Å²) in [4.78, 5) is 4.17. The lowest BCUT2D eigenvalue weighted by atomic mass is 10.5. The van der Waals surface area contributed by atoms with E-state index in [9.17, 15) is 0 Å². The van der Waals surface area contributed by atoms with Crippen LogP contribution in [0.5, 0.6) is 0 Å². The Kier molecular flexibility index (Phi) is 2.19. The second-order valence-corrected chi connectivity index (χ2v) is 3.76. The molecule has 0 amide bonds. The molecule has 0 aliphatic carbocycles. The Morgan fingerprint density at radius 3 is 3.00 bits per heavy atom. The van der Waals surface area contributed by atoms with Crippen molar-refractivity contribution in [2.75, 3.05) is 6.54 Å². The summed E-state index contributed by atoms with van der Waals surface area (Å²) in [6.07, 6.45) is 4.98. The minimum absolute atomic E-state index is 0.279. The van der Waals surface area contributed by atoms with Crippen molar-refractivity contribution in [1.82, 2.24) is 4.98 Å². The van der Waals surface area contributed by atoms with E-state index >= 15 is 0 Å². The smallest absolute Gasteiger partial charge is 0.242 e. The van der Waals surface area contributed by atoms with Gasteiger partial charge in [-0.05, 0) is 10.5 Å². The Labute approximate surface area is 57.7 Å². The molecule has 0 saturated carbocycles. The van der Waals surface area contributed by atoms with E-state index in [1.807, 2.05) is 6.20 Å². The predicted molar refractivity (Wildman–Crippen MR) is 40.5 cm³/mol. The number of aromatic nitrogens is 1. The molecule has 0 aliphatic heterocycles. The maximum atomic E-state index is 5.37. The molecular weight excluding hydrogens is 132 g/mol. The topological polar surface area (TPSA) is 38.9 Å². The van der Waals surface area contributed by atoms with Gasteiger partial charge in [0.15, 0.2) is 5.38 Å². The number of thiazole rings is 1. The predicted octanol–water partition coefficient (Wildman–Crippen LogP) is 0.869. The Hall–Kier alpha value is -0.410. The zero-order valence-corrected chi connectivity index (χ0v) is 6.32. The van der Waals surface area contributed by atoms with Crippen molar-refractivity contribution in [1.29, 1.82) is 0 Å². The van der Waals surface area contributed by atoms with Crippen LogP contribution in [0.2, 0.25) is 0 Å². The van der Waals surface area contributed by atoms with Gasteiger partial charge in [0, 0.05) is 6.54 Å². The lowest BCUT2D eigenvalue weighted by Crippen LogP contribution is -2.02. The molecule has 1 heterocycles. The highest BCUT2D eigenvalue weighted by molar-refractivity contribution is 7.27. The summed E-state index contributed by atoms with van der Waals surface area (Å²) >= 11 is 0. The van der Waals surface area contributed by atoms with Crippen LogP contribution in [0, 0.1) is 0 Å². The van der Waals surface area contributed by atoms with Crippen molar-refractivity contribution in [3.05, 3.63) is 16.6 Å². The molecule has 0 fully saturated rings. The number of hydrogen-bond donors (Lipinski definition) is 1. The lowest BCUT2D eigenvalue weighted by molar-refractivity contribution is 0.951. The van der Waals surface area contributed by atoms with E-state index in [1.54, 1.807) is 0 Å². The fourth-order valence-electron chi connectivity index (χ4n) is 0.716. The van der Waals surface area contributed by atoms with Crippen LogP contribution in [-0.4, -0.2) is 11.5 Å². The Bertz CT molecular complexity index is 183. The highest BCUT2D eigenvalue weighted by Crippen LogP contribution is 2.16. The first-order chi connectivity index (χ1) is 4.34. The summed E-state index contributed by atoms with van der Waals surface area (Å²) in [5.41, 5.74) is 5.37. The van der Waals surface area contributed by atoms with Crippen LogP contribution in [0.1, 0.15) is 5.01 Å². The molecule has 0 radical (unpaired) electrons. The molecule has 3 heteroatoms. The second-order valence-electron chi connectivity index (χ2n) is 1.90. The summed E-state index contributed by atoms with van der Waals surface area (Å²) in [5.74, 6) is 0. The molecule has 0 spiro atoms. The van der Waals surface area contributed by atoms with Gasteiger partial charge in [0.1, 0.15) is 6.26 Å². The monoisotopic (exact) mass is 143 g/mol. The van der Waals surface area contributed by atoms with Crippen LogP contribution in [0.15, 0.2) is 11.6 Å². The van der Waals surface area contributed by atoms with Gasteiger partial charge < -0.3 is 5.73 Å². The number of nitrogens with zero attached hydrogens (tertiary/aromatic N) is 1. The van der Waals surface area contributed by atoms with E-state index < -0.39 is 0 Å². The normalized spacial score (nSPS) is 12.0. The Morgan fingerprint density at radius 2 is 2.56 bits per heavy atom. The van der Waals surface area contributed by atoms with Crippen molar-refractivity contribution in [3.63, 3.8) is 0 Å². The van der Waals surface area contributed by atoms with Crippen LogP contribution in [0.25, 0.3) is 0 Å². The number of nitrogens with two attached hydrogens (primary N) is 1. The molecule has 0 bridgehead atoms. The molecule has 1 atom stereocenters. The highest BCUT2D eigenvalue weighted by Gasteiger charge is 2.06. The molecule has 1 unspecified atom stereocenters. The maximum absolute atomic E-state index is 5.37. The fourth-order valence-corrected chi connectivity index (χ4v) is 1.78. The molecule has 9 heavy (non-hydrogen) atoms. The van der Waals surface area contributed by atoms with E-state index in [0.717, 1.165) is 13.0 Å². The van der Waals surface area contributed by atoms with Gasteiger partial charge in [0.2, 0.25) is 5.01 Å². The second kappa shape index (κ2) is 2.94. The van der Waals surface area contributed by atoms with Crippen LogP contribution < -0.4 is 5.73 Å². The first-order valence-corrected chi connectivity index (χ1v) is 4.62. The van der Waals surface area contributed by atoms with Crippen molar-refractivity contribution in [2.24, 2.45) is 12.0 Å². The van der Waals surface area contributed by atoms with Crippen molar-refractivity contribution >= 4 is 10.5 Å². The molecule has 2 N–H and O–H groups in total. The SMILES string of the molecule is C[s+]1ccnc1CCN. The maximum Gasteiger partial charge on any atom is 0.242 e. The average molecular weight is 143 g/mol. The Balaban J connectivity index is 2.69. The summed E-state index contributed by atoms with van der Waals surface area (Å²) in [6, 6.07) is 0. The van der Waals surface area contributed by atoms with Gasteiger partial charge in [-0.2, -0.15) is 0 Å². The summed E-state index contributed by atoms with van der Waals surface area (Å²) in [7, 11) is 0.279. The first kappa shape index (κ1) is 6.71. The summed E-state index contributed by atoms with van der Waals surface area (Å²) in [6.45, 7) is 0.720. The quantitative estimate of drug-likeness (QED) is 0.624. The Morgan fingerprint density at radius 1 is 1.78 bits per heavy atom. The van der Waals surface area contributed by atoms with Crippen LogP contribution in [0.4, 0.5) is 0 Å². The third-order valence-corrected chi connectivity index (χ3v) is 2.80. The lowest BCUT2D eigenvalue weighted by Gasteiger charge is -1.83. The van der Waals surface area contributed by atoms with E-state index in [2.05, 4.69) is 16.6 Å². The molecule has 1 aromatic rings. The van der Waals surface area contributed by atoms with Gasteiger partial charge in [-0.25, -0.2) is 4.98 Å². The minimum Gasteiger partial charge on any atom is -0.330 e. The third-order valence-electron chi connectivity index (χ3n) is 1.21. The van der Waals surface area contributed by atoms with Crippen molar-refractivity contribution < 1.29 is 0 Å². The molecule has 0 saturated heterocycles. The van der Waals surface area contributed by atoms with Gasteiger partial charge in [0.25, 0.3) is 0 Å². The van der Waals surface area contributed by atoms with Crippen LogP contribution in [-0.2, 0) is 12.7 Å². The first-order valence-electron chi connectivity index (χ1n) is 2.93. The molecule has 50 valence electrons. The number of hydrogen-bond acceptors (Lipinski definition) is 2. The highest BCUT2D eigenvalue weighted by atomic mass is 32.2. The van der Waals surface area contributed by atoms with Gasteiger partial charge in [-0.1, -0.05) is 0 Å². The summed E-state index contributed by atoms with van der Waals surface area (Å²) < 4.78 is 0. The number of aryl methyl sites for hydroxylation is 1. The van der Waals surface area contributed by atoms with E-state index in [1.165, 1.54) is 5.01 Å². The molecule has 1 rings (SSSR count). The van der Waals surface area contributed by atoms with Gasteiger partial charge in [-0.3, -0.25) is 0 Å². The summed E-state index contributed by atoms with van der Waals surface area (Å²) in [5, 5.41) is 3.36.